The number of hydrogen-bond acceptors (Lipinski definition) is 4. The van der Waals surface area contributed by atoms with E-state index in [9.17, 15) is 0 Å². The first-order chi connectivity index (χ1) is 11.8. The monoisotopic (exact) mass is 395 g/mol. The fourth-order valence-electron chi connectivity index (χ4n) is 2.75. The Morgan fingerprint density at radius 1 is 1.00 bits per heavy atom. The Kier molecular flexibility index (Phi) is 3.04. The Morgan fingerprint density at radius 2 is 1.83 bits per heavy atom. The molecule has 3 aromatic heterocycles. The van der Waals surface area contributed by atoms with Crippen LogP contribution in [-0.2, 0) is 0 Å². The number of hydrogen-bond donors (Lipinski definition) is 1. The summed E-state index contributed by atoms with van der Waals surface area (Å²) in [4.78, 5) is 4.08. The van der Waals surface area contributed by atoms with Crippen molar-refractivity contribution in [2.45, 2.75) is 0 Å². The number of benzene rings is 2. The highest BCUT2D eigenvalue weighted by Gasteiger charge is 2.16. The second kappa shape index (κ2) is 5.25. The average Bonchev–Trinajstić information content (AvgIpc) is 3.28. The van der Waals surface area contributed by atoms with Gasteiger partial charge in [0.2, 0.25) is 4.96 Å². The van der Waals surface area contributed by atoms with Gasteiger partial charge in [-0.15, -0.1) is 10.2 Å². The van der Waals surface area contributed by atoms with E-state index in [1.165, 1.54) is 11.3 Å². The van der Waals surface area contributed by atoms with Crippen LogP contribution in [-0.4, -0.2) is 24.8 Å². The van der Waals surface area contributed by atoms with Crippen molar-refractivity contribution < 1.29 is 0 Å². The zero-order valence-corrected chi connectivity index (χ0v) is 14.7. The van der Waals surface area contributed by atoms with E-state index >= 15 is 0 Å². The predicted molar refractivity (Wildman–Crippen MR) is 99.1 cm³/mol. The van der Waals surface area contributed by atoms with Crippen molar-refractivity contribution >= 4 is 43.1 Å². The lowest BCUT2D eigenvalue weighted by molar-refractivity contribution is 0.971. The fraction of sp³-hybridized carbons (Fsp3) is 0. The molecule has 0 spiro atoms. The molecule has 0 aliphatic carbocycles. The summed E-state index contributed by atoms with van der Waals surface area (Å²) < 4.78 is 2.84. The highest BCUT2D eigenvalue weighted by atomic mass is 79.9. The van der Waals surface area contributed by atoms with E-state index in [0.29, 0.717) is 0 Å². The largest absolute Gasteiger partial charge is 0.360 e. The van der Waals surface area contributed by atoms with Crippen LogP contribution in [0.15, 0.2) is 59.2 Å². The lowest BCUT2D eigenvalue weighted by Gasteiger charge is -1.97. The van der Waals surface area contributed by atoms with E-state index in [0.717, 1.165) is 42.3 Å². The topological polar surface area (TPSA) is 58.9 Å². The van der Waals surface area contributed by atoms with E-state index in [-0.39, 0.29) is 0 Å². The van der Waals surface area contributed by atoms with Crippen LogP contribution in [0.5, 0.6) is 0 Å². The number of halogens is 1. The van der Waals surface area contributed by atoms with Crippen LogP contribution in [0, 0.1) is 0 Å². The quantitative estimate of drug-likeness (QED) is 0.468. The molecule has 2 aromatic carbocycles. The molecule has 5 rings (SSSR count). The number of rotatable bonds is 2. The van der Waals surface area contributed by atoms with Crippen LogP contribution in [0.25, 0.3) is 37.8 Å². The van der Waals surface area contributed by atoms with Crippen molar-refractivity contribution in [3.63, 3.8) is 0 Å². The number of fused-ring (bicyclic) bond motifs is 2. The summed E-state index contributed by atoms with van der Waals surface area (Å²) in [6, 6.07) is 16.2. The van der Waals surface area contributed by atoms with E-state index in [2.05, 4.69) is 43.2 Å². The normalized spacial score (nSPS) is 11.5. The summed E-state index contributed by atoms with van der Waals surface area (Å²) in [5.41, 5.74) is 3.18. The van der Waals surface area contributed by atoms with Crippen LogP contribution in [0.1, 0.15) is 0 Å². The van der Waals surface area contributed by atoms with Crippen molar-refractivity contribution in [3.8, 4) is 22.0 Å². The molecule has 0 saturated carbocycles. The molecule has 0 aliphatic rings. The Bertz CT molecular complexity index is 1170. The van der Waals surface area contributed by atoms with Gasteiger partial charge in [-0.05, 0) is 18.2 Å². The molecule has 0 amide bonds. The molecule has 1 N–H and O–H groups in total. The summed E-state index contributed by atoms with van der Waals surface area (Å²) in [7, 11) is 0. The minimum atomic E-state index is 0.750. The molecule has 0 aliphatic heterocycles. The van der Waals surface area contributed by atoms with Gasteiger partial charge >= 0.3 is 0 Å². The first kappa shape index (κ1) is 13.9. The molecule has 0 fully saturated rings. The molecular formula is C17H10BrN5S. The lowest BCUT2D eigenvalue weighted by Crippen LogP contribution is -1.90. The molecule has 0 unspecified atom stereocenters. The Balaban J connectivity index is 1.68. The van der Waals surface area contributed by atoms with Crippen LogP contribution in [0.4, 0.5) is 0 Å². The lowest BCUT2D eigenvalue weighted by atomic mass is 10.2. The highest BCUT2D eigenvalue weighted by molar-refractivity contribution is 9.10. The van der Waals surface area contributed by atoms with E-state index in [4.69, 9.17) is 5.10 Å². The second-order valence-electron chi connectivity index (χ2n) is 5.38. The smallest absolute Gasteiger partial charge is 0.235 e. The third kappa shape index (κ3) is 2.09. The van der Waals surface area contributed by atoms with Crippen LogP contribution in [0.3, 0.4) is 0 Å². The van der Waals surface area contributed by atoms with E-state index < -0.39 is 0 Å². The summed E-state index contributed by atoms with van der Waals surface area (Å²) in [6.07, 6.45) is 2.00. The van der Waals surface area contributed by atoms with Gasteiger partial charge in [-0.1, -0.05) is 57.6 Å². The van der Waals surface area contributed by atoms with Gasteiger partial charge in [0.1, 0.15) is 5.01 Å². The predicted octanol–water partition coefficient (Wildman–Crippen LogP) is 4.76. The summed E-state index contributed by atoms with van der Waals surface area (Å²) in [5.74, 6) is 0.750. The van der Waals surface area contributed by atoms with Gasteiger partial charge < -0.3 is 4.98 Å². The molecule has 5 aromatic rings. The maximum absolute atomic E-state index is 4.74. The highest BCUT2D eigenvalue weighted by Crippen LogP contribution is 2.32. The van der Waals surface area contributed by atoms with E-state index in [1.807, 2.05) is 47.1 Å². The first-order valence-electron chi connectivity index (χ1n) is 7.34. The zero-order valence-electron chi connectivity index (χ0n) is 12.3. The molecule has 7 heteroatoms. The number of nitrogens with zero attached hydrogens (tertiary/aromatic N) is 4. The third-order valence-corrected chi connectivity index (χ3v) is 5.37. The van der Waals surface area contributed by atoms with Crippen molar-refractivity contribution in [2.24, 2.45) is 0 Å². The van der Waals surface area contributed by atoms with Gasteiger partial charge in [-0.2, -0.15) is 9.61 Å². The minimum absolute atomic E-state index is 0.750. The Morgan fingerprint density at radius 3 is 2.71 bits per heavy atom. The molecular weight excluding hydrogens is 386 g/mol. The second-order valence-corrected chi connectivity index (χ2v) is 7.25. The van der Waals surface area contributed by atoms with Crippen molar-refractivity contribution in [3.05, 3.63) is 59.2 Å². The van der Waals surface area contributed by atoms with Gasteiger partial charge in [0.05, 0.1) is 0 Å². The van der Waals surface area contributed by atoms with Crippen LogP contribution in [0.2, 0.25) is 0 Å². The number of aromatic amines is 1. The zero-order chi connectivity index (χ0) is 16.1. The average molecular weight is 396 g/mol. The van der Waals surface area contributed by atoms with Gasteiger partial charge in [-0.25, -0.2) is 0 Å². The minimum Gasteiger partial charge on any atom is -0.360 e. The molecule has 116 valence electrons. The summed E-state index contributed by atoms with van der Waals surface area (Å²) in [5, 5.41) is 15.4. The van der Waals surface area contributed by atoms with Crippen LogP contribution >= 0.6 is 27.3 Å². The molecule has 0 atom stereocenters. The number of aromatic nitrogens is 5. The number of nitrogens with one attached hydrogen (secondary N) is 1. The van der Waals surface area contributed by atoms with E-state index in [1.54, 1.807) is 0 Å². The molecule has 0 radical (unpaired) electrons. The van der Waals surface area contributed by atoms with Crippen molar-refractivity contribution in [2.75, 3.05) is 0 Å². The summed E-state index contributed by atoms with van der Waals surface area (Å²) in [6.45, 7) is 0. The van der Waals surface area contributed by atoms with Crippen molar-refractivity contribution in [1.29, 1.82) is 0 Å². The standard InChI is InChI=1S/C17H10BrN5S/c18-11-7-5-10(6-8-11)15-20-21-17-23(15)22-16(24-17)13-9-19-14-4-2-1-3-12(13)14/h1-9,19H. The third-order valence-electron chi connectivity index (χ3n) is 3.91. The first-order valence-corrected chi connectivity index (χ1v) is 8.95. The number of H-pyrrole nitrogens is 1. The Hall–Kier alpha value is -2.51. The molecule has 0 bridgehead atoms. The van der Waals surface area contributed by atoms with Crippen LogP contribution < -0.4 is 0 Å². The maximum Gasteiger partial charge on any atom is 0.235 e. The van der Waals surface area contributed by atoms with Crippen molar-refractivity contribution in [1.82, 2.24) is 24.8 Å². The Labute approximate surface area is 149 Å². The molecule has 0 saturated heterocycles. The summed E-state index contributed by atoms with van der Waals surface area (Å²) >= 11 is 4.99. The van der Waals surface area contributed by atoms with Gasteiger partial charge in [0.15, 0.2) is 5.82 Å². The fourth-order valence-corrected chi connectivity index (χ4v) is 3.89. The molecule has 3 heterocycles. The SMILES string of the molecule is Brc1ccc(-c2nnc3sc(-c4c[nH]c5ccccc45)nn23)cc1. The molecule has 5 nitrogen and oxygen atoms in total. The van der Waals surface area contributed by atoms with Gasteiger partial charge in [-0.3, -0.25) is 0 Å². The van der Waals surface area contributed by atoms with Gasteiger partial charge in [0, 0.05) is 32.7 Å². The molecule has 24 heavy (non-hydrogen) atoms. The number of para-hydroxylation sites is 1. The van der Waals surface area contributed by atoms with Gasteiger partial charge in [0.25, 0.3) is 0 Å². The maximum atomic E-state index is 4.74.